The van der Waals surface area contributed by atoms with E-state index in [-0.39, 0.29) is 18.3 Å². The fourth-order valence-corrected chi connectivity index (χ4v) is 3.61. The third-order valence-corrected chi connectivity index (χ3v) is 5.24. The van der Waals surface area contributed by atoms with Crippen molar-refractivity contribution in [3.05, 3.63) is 87.4 Å². The van der Waals surface area contributed by atoms with Crippen LogP contribution in [0.25, 0.3) is 0 Å². The predicted molar refractivity (Wildman–Crippen MR) is 113 cm³/mol. The lowest BCUT2D eigenvalue weighted by atomic mass is 10.1. The van der Waals surface area contributed by atoms with Crippen molar-refractivity contribution in [2.45, 2.75) is 26.4 Å². The second-order valence-corrected chi connectivity index (χ2v) is 7.18. The number of hydrogen-bond donors (Lipinski definition) is 1. The number of carbonyl (C=O) groups excluding carboxylic acids is 1. The third kappa shape index (κ3) is 5.63. The molecule has 0 radical (unpaired) electrons. The maximum absolute atomic E-state index is 13.1. The number of carbonyl (C=O) groups is 1. The molecule has 0 atom stereocenters. The molecule has 0 aliphatic heterocycles. The Labute approximate surface area is 170 Å². The van der Waals surface area contributed by atoms with Crippen molar-refractivity contribution in [2.24, 2.45) is 5.73 Å². The topological polar surface area (TPSA) is 59.2 Å². The SMILES string of the molecule is Cc1ncsc1CN(Cc1ccccc1)C(=O)c1ccc(CCN)cc1.Cl. The van der Waals surface area contributed by atoms with E-state index in [1.54, 1.807) is 11.3 Å². The van der Waals surface area contributed by atoms with Gasteiger partial charge in [0.15, 0.2) is 0 Å². The summed E-state index contributed by atoms with van der Waals surface area (Å²) in [5, 5.41) is 0. The van der Waals surface area contributed by atoms with E-state index in [9.17, 15) is 4.79 Å². The van der Waals surface area contributed by atoms with Gasteiger partial charge in [-0.3, -0.25) is 4.79 Å². The zero-order valence-corrected chi connectivity index (χ0v) is 16.9. The van der Waals surface area contributed by atoms with E-state index >= 15 is 0 Å². The minimum atomic E-state index is 0. The Kier molecular flexibility index (Phi) is 7.98. The second-order valence-electron chi connectivity index (χ2n) is 6.24. The lowest BCUT2D eigenvalue weighted by molar-refractivity contribution is 0.0731. The van der Waals surface area contributed by atoms with Gasteiger partial charge >= 0.3 is 0 Å². The quantitative estimate of drug-likeness (QED) is 0.644. The van der Waals surface area contributed by atoms with Gasteiger partial charge in [-0.05, 0) is 43.1 Å². The molecule has 1 amide bonds. The van der Waals surface area contributed by atoms with E-state index < -0.39 is 0 Å². The van der Waals surface area contributed by atoms with Crippen LogP contribution in [0.1, 0.15) is 32.1 Å². The van der Waals surface area contributed by atoms with E-state index in [2.05, 4.69) is 4.98 Å². The zero-order valence-electron chi connectivity index (χ0n) is 15.3. The molecule has 4 nitrogen and oxygen atoms in total. The van der Waals surface area contributed by atoms with Crippen LogP contribution in [-0.4, -0.2) is 22.3 Å². The molecule has 3 rings (SSSR count). The van der Waals surface area contributed by atoms with Crippen LogP contribution in [-0.2, 0) is 19.5 Å². The molecular weight excluding hydrogens is 378 g/mol. The molecule has 0 saturated heterocycles. The van der Waals surface area contributed by atoms with Crippen molar-refractivity contribution in [2.75, 3.05) is 6.54 Å². The first-order valence-electron chi connectivity index (χ1n) is 8.68. The second kappa shape index (κ2) is 10.2. The van der Waals surface area contributed by atoms with Crippen LogP contribution in [0.15, 0.2) is 60.1 Å². The first-order valence-corrected chi connectivity index (χ1v) is 9.56. The zero-order chi connectivity index (χ0) is 18.4. The number of amides is 1. The van der Waals surface area contributed by atoms with Crippen LogP contribution in [0.5, 0.6) is 0 Å². The molecule has 1 heterocycles. The fraction of sp³-hybridized carbons (Fsp3) is 0.238. The van der Waals surface area contributed by atoms with E-state index in [0.29, 0.717) is 25.2 Å². The van der Waals surface area contributed by atoms with E-state index in [1.165, 1.54) is 0 Å². The van der Waals surface area contributed by atoms with Gasteiger partial charge < -0.3 is 10.6 Å². The maximum atomic E-state index is 13.1. The number of thiazole rings is 1. The van der Waals surface area contributed by atoms with Crippen molar-refractivity contribution in [3.8, 4) is 0 Å². The summed E-state index contributed by atoms with van der Waals surface area (Å²) >= 11 is 1.59. The first kappa shape index (κ1) is 21.1. The molecule has 142 valence electrons. The summed E-state index contributed by atoms with van der Waals surface area (Å²) in [4.78, 5) is 20.5. The highest BCUT2D eigenvalue weighted by Gasteiger charge is 2.18. The highest BCUT2D eigenvalue weighted by atomic mass is 35.5. The highest BCUT2D eigenvalue weighted by Crippen LogP contribution is 2.19. The molecule has 2 N–H and O–H groups in total. The maximum Gasteiger partial charge on any atom is 0.254 e. The van der Waals surface area contributed by atoms with Gasteiger partial charge in [-0.2, -0.15) is 0 Å². The van der Waals surface area contributed by atoms with Crippen molar-refractivity contribution < 1.29 is 4.79 Å². The number of nitrogens with zero attached hydrogens (tertiary/aromatic N) is 2. The van der Waals surface area contributed by atoms with Crippen LogP contribution in [0.3, 0.4) is 0 Å². The van der Waals surface area contributed by atoms with Crippen LogP contribution < -0.4 is 5.73 Å². The summed E-state index contributed by atoms with van der Waals surface area (Å²) in [6, 6.07) is 17.8. The molecule has 1 aromatic heterocycles. The Morgan fingerprint density at radius 3 is 2.33 bits per heavy atom. The van der Waals surface area contributed by atoms with E-state index in [1.807, 2.05) is 71.9 Å². The number of aryl methyl sites for hydroxylation is 1. The van der Waals surface area contributed by atoms with Crippen LogP contribution in [0.4, 0.5) is 0 Å². The van der Waals surface area contributed by atoms with Crippen molar-refractivity contribution in [1.82, 2.24) is 9.88 Å². The summed E-state index contributed by atoms with van der Waals surface area (Å²) in [7, 11) is 0. The number of nitrogens with two attached hydrogens (primary N) is 1. The summed E-state index contributed by atoms with van der Waals surface area (Å²) < 4.78 is 0. The molecule has 27 heavy (non-hydrogen) atoms. The van der Waals surface area contributed by atoms with Crippen molar-refractivity contribution in [1.29, 1.82) is 0 Å². The molecule has 6 heteroatoms. The number of hydrogen-bond acceptors (Lipinski definition) is 4. The summed E-state index contributed by atoms with van der Waals surface area (Å²) in [6.45, 7) is 3.73. The highest BCUT2D eigenvalue weighted by molar-refractivity contribution is 7.09. The Morgan fingerprint density at radius 1 is 1.04 bits per heavy atom. The molecule has 0 aliphatic carbocycles. The van der Waals surface area contributed by atoms with Crippen molar-refractivity contribution >= 4 is 29.7 Å². The lowest BCUT2D eigenvalue weighted by Gasteiger charge is -2.23. The Morgan fingerprint density at radius 2 is 1.74 bits per heavy atom. The number of aromatic nitrogens is 1. The van der Waals surface area contributed by atoms with Crippen LogP contribution >= 0.6 is 23.7 Å². The summed E-state index contributed by atoms with van der Waals surface area (Å²) in [5.74, 6) is 0.0287. The molecular formula is C21H24ClN3OS. The van der Waals surface area contributed by atoms with Gasteiger partial charge in [0.25, 0.3) is 5.91 Å². The van der Waals surface area contributed by atoms with Crippen LogP contribution in [0.2, 0.25) is 0 Å². The molecule has 2 aromatic carbocycles. The Bertz CT molecular complexity index is 849. The molecule has 0 bridgehead atoms. The minimum Gasteiger partial charge on any atom is -0.330 e. The van der Waals surface area contributed by atoms with Gasteiger partial charge in [-0.1, -0.05) is 42.5 Å². The Balaban J connectivity index is 0.00000261. The number of halogens is 1. The number of rotatable bonds is 7. The average Bonchev–Trinajstić information content (AvgIpc) is 3.07. The predicted octanol–water partition coefficient (Wildman–Crippen LogP) is 4.22. The van der Waals surface area contributed by atoms with Gasteiger partial charge in [0.1, 0.15) is 0 Å². The van der Waals surface area contributed by atoms with Gasteiger partial charge in [-0.25, -0.2) is 4.98 Å². The monoisotopic (exact) mass is 401 g/mol. The van der Waals surface area contributed by atoms with Gasteiger partial charge in [0, 0.05) is 17.0 Å². The smallest absolute Gasteiger partial charge is 0.254 e. The molecule has 0 saturated carbocycles. The third-order valence-electron chi connectivity index (χ3n) is 4.32. The Hall–Kier alpha value is -2.21. The minimum absolute atomic E-state index is 0. The standard InChI is InChI=1S/C21H23N3OS.ClH/c1-16-20(26-15-23-16)14-24(13-18-5-3-2-4-6-18)21(25)19-9-7-17(8-10-19)11-12-22;/h2-10,15H,11-14,22H2,1H3;1H. The molecule has 3 aromatic rings. The largest absolute Gasteiger partial charge is 0.330 e. The molecule has 0 aliphatic rings. The molecule has 0 unspecified atom stereocenters. The van der Waals surface area contributed by atoms with Crippen molar-refractivity contribution in [3.63, 3.8) is 0 Å². The van der Waals surface area contributed by atoms with E-state index in [4.69, 9.17) is 5.73 Å². The van der Waals surface area contributed by atoms with Crippen LogP contribution in [0, 0.1) is 6.92 Å². The number of benzene rings is 2. The van der Waals surface area contributed by atoms with E-state index in [0.717, 1.165) is 28.1 Å². The van der Waals surface area contributed by atoms with Gasteiger partial charge in [-0.15, -0.1) is 23.7 Å². The lowest BCUT2D eigenvalue weighted by Crippen LogP contribution is -2.30. The first-order chi connectivity index (χ1) is 12.7. The summed E-state index contributed by atoms with van der Waals surface area (Å²) in [5.41, 5.74) is 11.4. The normalized spacial score (nSPS) is 10.3. The van der Waals surface area contributed by atoms with Gasteiger partial charge in [0.05, 0.1) is 17.7 Å². The van der Waals surface area contributed by atoms with Gasteiger partial charge in [0.2, 0.25) is 0 Å². The molecule has 0 spiro atoms. The summed E-state index contributed by atoms with van der Waals surface area (Å²) in [6.07, 6.45) is 0.822. The average molecular weight is 402 g/mol. The fourth-order valence-electron chi connectivity index (χ4n) is 2.82. The molecule has 0 fully saturated rings.